The van der Waals surface area contributed by atoms with Gasteiger partial charge in [-0.15, -0.1) is 11.3 Å². The molecule has 0 saturated carbocycles. The standard InChI is InChI=1S/C18H23N3O2S/c1-13-10-19-20(11-13)12-15-3-2-6-21(15)17(22)9-16-18-14(4-7-23-16)5-8-24-18/h5,8,10-11,15-16H,2-4,6-7,9,12H2,1H3/t15-,16-/m0/s1. The van der Waals surface area contributed by atoms with E-state index in [-0.39, 0.29) is 18.1 Å². The zero-order valence-electron chi connectivity index (χ0n) is 14.0. The molecule has 0 N–H and O–H groups in total. The Morgan fingerprint density at radius 1 is 1.50 bits per heavy atom. The van der Waals surface area contributed by atoms with Crippen molar-refractivity contribution >= 4 is 17.2 Å². The third kappa shape index (κ3) is 3.13. The number of fused-ring (bicyclic) bond motifs is 1. The quantitative estimate of drug-likeness (QED) is 0.856. The molecule has 1 fully saturated rings. The van der Waals surface area contributed by atoms with Gasteiger partial charge in [0.15, 0.2) is 0 Å². The Labute approximate surface area is 146 Å². The summed E-state index contributed by atoms with van der Waals surface area (Å²) in [7, 11) is 0. The summed E-state index contributed by atoms with van der Waals surface area (Å²) in [6, 6.07) is 2.42. The smallest absolute Gasteiger partial charge is 0.225 e. The third-order valence-electron chi connectivity index (χ3n) is 4.98. The molecule has 0 aliphatic carbocycles. The van der Waals surface area contributed by atoms with Crippen molar-refractivity contribution < 1.29 is 9.53 Å². The van der Waals surface area contributed by atoms with Gasteiger partial charge < -0.3 is 9.64 Å². The van der Waals surface area contributed by atoms with Gasteiger partial charge in [-0.1, -0.05) is 0 Å². The predicted molar refractivity (Wildman–Crippen MR) is 93.0 cm³/mol. The highest BCUT2D eigenvalue weighted by molar-refractivity contribution is 7.10. The fourth-order valence-electron chi connectivity index (χ4n) is 3.79. The lowest BCUT2D eigenvalue weighted by atomic mass is 10.0. The number of likely N-dealkylation sites (tertiary alicyclic amines) is 1. The molecule has 0 spiro atoms. The first-order valence-electron chi connectivity index (χ1n) is 8.67. The van der Waals surface area contributed by atoms with Crippen molar-refractivity contribution in [1.82, 2.24) is 14.7 Å². The molecule has 0 bridgehead atoms. The number of nitrogens with zero attached hydrogens (tertiary/aromatic N) is 3. The molecule has 4 rings (SSSR count). The van der Waals surface area contributed by atoms with Crippen LogP contribution < -0.4 is 0 Å². The second kappa shape index (κ2) is 6.69. The fraction of sp³-hybridized carbons (Fsp3) is 0.556. The fourth-order valence-corrected chi connectivity index (χ4v) is 4.79. The Hall–Kier alpha value is -1.66. The van der Waals surface area contributed by atoms with E-state index in [9.17, 15) is 4.79 Å². The van der Waals surface area contributed by atoms with Crippen molar-refractivity contribution in [1.29, 1.82) is 0 Å². The van der Waals surface area contributed by atoms with Crippen molar-refractivity contribution in [3.8, 4) is 0 Å². The Morgan fingerprint density at radius 3 is 3.25 bits per heavy atom. The molecule has 5 nitrogen and oxygen atoms in total. The van der Waals surface area contributed by atoms with Gasteiger partial charge in [0.05, 0.1) is 31.8 Å². The lowest BCUT2D eigenvalue weighted by Gasteiger charge is -2.28. The molecule has 0 aromatic carbocycles. The number of hydrogen-bond donors (Lipinski definition) is 0. The lowest BCUT2D eigenvalue weighted by molar-refractivity contribution is -0.135. The molecule has 2 aliphatic rings. The molecule has 2 aliphatic heterocycles. The van der Waals surface area contributed by atoms with Gasteiger partial charge in [-0.25, -0.2) is 0 Å². The molecule has 1 amide bonds. The summed E-state index contributed by atoms with van der Waals surface area (Å²) in [5, 5.41) is 6.47. The van der Waals surface area contributed by atoms with Crippen LogP contribution in [-0.2, 0) is 22.5 Å². The van der Waals surface area contributed by atoms with E-state index in [1.54, 1.807) is 11.3 Å². The highest BCUT2D eigenvalue weighted by atomic mass is 32.1. The van der Waals surface area contributed by atoms with E-state index in [1.165, 1.54) is 10.4 Å². The number of carbonyl (C=O) groups excluding carboxylic acids is 1. The van der Waals surface area contributed by atoms with Gasteiger partial charge in [0.2, 0.25) is 5.91 Å². The van der Waals surface area contributed by atoms with Crippen LogP contribution in [0.5, 0.6) is 0 Å². The average Bonchev–Trinajstić information content (AvgIpc) is 3.29. The number of aryl methyl sites for hydroxylation is 1. The number of ether oxygens (including phenoxy) is 1. The van der Waals surface area contributed by atoms with Crippen molar-refractivity contribution in [3.05, 3.63) is 39.8 Å². The minimum atomic E-state index is -0.0607. The summed E-state index contributed by atoms with van der Waals surface area (Å²) in [5.74, 6) is 0.215. The van der Waals surface area contributed by atoms with Crippen LogP contribution in [0.25, 0.3) is 0 Å². The summed E-state index contributed by atoms with van der Waals surface area (Å²) in [4.78, 5) is 16.2. The molecular formula is C18H23N3O2S. The third-order valence-corrected chi connectivity index (χ3v) is 6.03. The van der Waals surface area contributed by atoms with Gasteiger partial charge in [-0.3, -0.25) is 9.48 Å². The minimum absolute atomic E-state index is 0.0607. The van der Waals surface area contributed by atoms with Gasteiger partial charge in [-0.05, 0) is 48.8 Å². The average molecular weight is 345 g/mol. The van der Waals surface area contributed by atoms with Crippen molar-refractivity contribution in [2.24, 2.45) is 0 Å². The molecule has 2 atom stereocenters. The second-order valence-corrected chi connectivity index (χ2v) is 7.69. The molecule has 0 unspecified atom stereocenters. The summed E-state index contributed by atoms with van der Waals surface area (Å²) in [6.07, 6.45) is 7.41. The minimum Gasteiger partial charge on any atom is -0.372 e. The number of thiophene rings is 1. The van der Waals surface area contributed by atoms with Gasteiger partial charge in [0, 0.05) is 17.6 Å². The summed E-state index contributed by atoms with van der Waals surface area (Å²) in [6.45, 7) is 4.40. The maximum absolute atomic E-state index is 12.9. The second-order valence-electron chi connectivity index (χ2n) is 6.75. The molecule has 6 heteroatoms. The van der Waals surface area contributed by atoms with Crippen LogP contribution in [0.1, 0.15) is 41.4 Å². The molecule has 128 valence electrons. The van der Waals surface area contributed by atoms with Crippen LogP contribution in [0.2, 0.25) is 0 Å². The van der Waals surface area contributed by atoms with E-state index >= 15 is 0 Å². The Bertz CT molecular complexity index is 723. The largest absolute Gasteiger partial charge is 0.372 e. The Kier molecular flexibility index (Phi) is 4.41. The van der Waals surface area contributed by atoms with Gasteiger partial charge >= 0.3 is 0 Å². The molecule has 2 aromatic rings. The molecule has 4 heterocycles. The molecular weight excluding hydrogens is 322 g/mol. The lowest BCUT2D eigenvalue weighted by Crippen LogP contribution is -2.39. The monoisotopic (exact) mass is 345 g/mol. The van der Waals surface area contributed by atoms with Gasteiger partial charge in [0.25, 0.3) is 0 Å². The first-order valence-corrected chi connectivity index (χ1v) is 9.55. The van der Waals surface area contributed by atoms with Crippen LogP contribution in [0.4, 0.5) is 0 Å². The topological polar surface area (TPSA) is 47.4 Å². The van der Waals surface area contributed by atoms with E-state index in [4.69, 9.17) is 4.74 Å². The molecule has 1 saturated heterocycles. The first kappa shape index (κ1) is 15.8. The van der Waals surface area contributed by atoms with E-state index in [0.717, 1.165) is 44.5 Å². The van der Waals surface area contributed by atoms with E-state index in [0.29, 0.717) is 6.42 Å². The van der Waals surface area contributed by atoms with Gasteiger partial charge in [-0.2, -0.15) is 5.10 Å². The van der Waals surface area contributed by atoms with Crippen molar-refractivity contribution in [2.75, 3.05) is 13.2 Å². The molecule has 24 heavy (non-hydrogen) atoms. The SMILES string of the molecule is Cc1cnn(C[C@@H]2CCCN2C(=O)C[C@@H]2OCCc3ccsc32)c1. The number of amides is 1. The number of rotatable bonds is 4. The molecule has 0 radical (unpaired) electrons. The number of aromatic nitrogens is 2. The zero-order chi connectivity index (χ0) is 16.5. The van der Waals surface area contributed by atoms with E-state index < -0.39 is 0 Å². The maximum atomic E-state index is 12.9. The normalized spacial score (nSPS) is 23.5. The molecule has 2 aromatic heterocycles. The Morgan fingerprint density at radius 2 is 2.42 bits per heavy atom. The highest BCUT2D eigenvalue weighted by Gasteiger charge is 2.32. The predicted octanol–water partition coefficient (Wildman–Crippen LogP) is 2.95. The van der Waals surface area contributed by atoms with E-state index in [1.807, 2.05) is 28.9 Å². The van der Waals surface area contributed by atoms with Crippen molar-refractivity contribution in [3.63, 3.8) is 0 Å². The highest BCUT2D eigenvalue weighted by Crippen LogP contribution is 2.35. The first-order chi connectivity index (χ1) is 11.7. The van der Waals surface area contributed by atoms with Gasteiger partial charge in [0.1, 0.15) is 6.10 Å². The number of hydrogen-bond acceptors (Lipinski definition) is 4. The van der Waals surface area contributed by atoms with Crippen LogP contribution in [0, 0.1) is 6.92 Å². The van der Waals surface area contributed by atoms with Crippen molar-refractivity contribution in [2.45, 2.75) is 51.3 Å². The van der Waals surface area contributed by atoms with E-state index in [2.05, 4.69) is 16.5 Å². The van der Waals surface area contributed by atoms with Crippen LogP contribution >= 0.6 is 11.3 Å². The summed E-state index contributed by atoms with van der Waals surface area (Å²) < 4.78 is 7.85. The van der Waals surface area contributed by atoms with Crippen LogP contribution in [-0.4, -0.2) is 39.8 Å². The summed E-state index contributed by atoms with van der Waals surface area (Å²) in [5.41, 5.74) is 2.51. The van der Waals surface area contributed by atoms with Crippen LogP contribution in [0.15, 0.2) is 23.8 Å². The Balaban J connectivity index is 1.42. The zero-order valence-corrected chi connectivity index (χ0v) is 14.8. The summed E-state index contributed by atoms with van der Waals surface area (Å²) >= 11 is 1.71. The number of carbonyl (C=O) groups is 1. The maximum Gasteiger partial charge on any atom is 0.225 e. The van der Waals surface area contributed by atoms with Crippen LogP contribution in [0.3, 0.4) is 0 Å².